The van der Waals surface area contributed by atoms with E-state index >= 15 is 0 Å². The fourth-order valence-electron chi connectivity index (χ4n) is 1.56. The number of nitrogens with zero attached hydrogens (tertiary/aromatic N) is 2. The van der Waals surface area contributed by atoms with E-state index < -0.39 is 0 Å². The number of halogens is 1. The molecule has 1 heterocycles. The maximum absolute atomic E-state index is 11.9. The number of anilines is 1. The topological polar surface area (TPSA) is 64.1 Å². The summed E-state index contributed by atoms with van der Waals surface area (Å²) in [6.45, 7) is 1.90. The van der Waals surface area contributed by atoms with Gasteiger partial charge in [0.05, 0.1) is 12.8 Å². The van der Waals surface area contributed by atoms with Gasteiger partial charge in [0.2, 0.25) is 5.91 Å². The fraction of sp³-hybridized carbons (Fsp3) is 0.308. The molecule has 1 aromatic carbocycles. The van der Waals surface area contributed by atoms with Crippen molar-refractivity contribution in [3.63, 3.8) is 0 Å². The predicted molar refractivity (Wildman–Crippen MR) is 86.6 cm³/mol. The summed E-state index contributed by atoms with van der Waals surface area (Å²) < 4.78 is 6.06. The summed E-state index contributed by atoms with van der Waals surface area (Å²) in [5, 5.41) is 12.2. The molecule has 1 N–H and O–H groups in total. The highest BCUT2D eigenvalue weighted by molar-refractivity contribution is 8.01. The van der Waals surface area contributed by atoms with Crippen LogP contribution < -0.4 is 10.1 Å². The fourth-order valence-corrected chi connectivity index (χ4v) is 3.55. The molecule has 2 rings (SSSR count). The summed E-state index contributed by atoms with van der Waals surface area (Å²) in [6.07, 6.45) is 0.374. The number of aromatic nitrogens is 2. The maximum Gasteiger partial charge on any atom is 0.225 e. The highest BCUT2D eigenvalue weighted by Crippen LogP contribution is 2.28. The Balaban J connectivity index is 1.85. The number of benzene rings is 1. The number of hydrogen-bond donors (Lipinski definition) is 1. The highest BCUT2D eigenvalue weighted by atomic mass is 35.5. The van der Waals surface area contributed by atoms with Gasteiger partial charge >= 0.3 is 0 Å². The number of rotatable bonds is 6. The van der Waals surface area contributed by atoms with E-state index in [4.69, 9.17) is 16.3 Å². The normalized spacial score (nSPS) is 10.4. The second-order valence-electron chi connectivity index (χ2n) is 4.08. The summed E-state index contributed by atoms with van der Waals surface area (Å²) in [4.78, 5) is 11.9. The summed E-state index contributed by atoms with van der Waals surface area (Å²) in [7, 11) is 1.55. The van der Waals surface area contributed by atoms with E-state index in [0.29, 0.717) is 28.6 Å². The minimum Gasteiger partial charge on any atom is -0.495 e. The molecule has 112 valence electrons. The van der Waals surface area contributed by atoms with Gasteiger partial charge in [0.15, 0.2) is 4.34 Å². The minimum atomic E-state index is -0.0932. The first-order valence-electron chi connectivity index (χ1n) is 6.15. The molecule has 21 heavy (non-hydrogen) atoms. The number of hydrogen-bond acceptors (Lipinski definition) is 6. The van der Waals surface area contributed by atoms with E-state index in [1.165, 1.54) is 23.1 Å². The summed E-state index contributed by atoms with van der Waals surface area (Å²) in [6, 6.07) is 5.10. The van der Waals surface area contributed by atoms with Gasteiger partial charge in [-0.3, -0.25) is 4.79 Å². The van der Waals surface area contributed by atoms with Gasteiger partial charge in [0.1, 0.15) is 10.8 Å². The molecule has 2 aromatic rings. The average molecular weight is 344 g/mol. The third-order valence-electron chi connectivity index (χ3n) is 2.50. The third-order valence-corrected chi connectivity index (χ3v) is 4.71. The van der Waals surface area contributed by atoms with Crippen molar-refractivity contribution >= 4 is 46.3 Å². The lowest BCUT2D eigenvalue weighted by Crippen LogP contribution is -2.12. The van der Waals surface area contributed by atoms with E-state index in [0.717, 1.165) is 9.35 Å². The van der Waals surface area contributed by atoms with Crippen molar-refractivity contribution in [1.82, 2.24) is 10.2 Å². The number of carbonyl (C=O) groups is 1. The highest BCUT2D eigenvalue weighted by Gasteiger charge is 2.09. The van der Waals surface area contributed by atoms with Gasteiger partial charge in [-0.1, -0.05) is 34.7 Å². The second kappa shape index (κ2) is 7.63. The molecule has 0 saturated carbocycles. The van der Waals surface area contributed by atoms with Gasteiger partial charge < -0.3 is 10.1 Å². The molecule has 0 aliphatic heterocycles. The Kier molecular flexibility index (Phi) is 5.84. The monoisotopic (exact) mass is 343 g/mol. The quantitative estimate of drug-likeness (QED) is 0.811. The molecule has 0 radical (unpaired) electrons. The zero-order valence-corrected chi connectivity index (χ0v) is 13.9. The molecular formula is C13H14ClN3O2S2. The van der Waals surface area contributed by atoms with Crippen LogP contribution in [0.3, 0.4) is 0 Å². The van der Waals surface area contributed by atoms with Crippen LogP contribution >= 0.6 is 34.7 Å². The van der Waals surface area contributed by atoms with Crippen molar-refractivity contribution in [3.8, 4) is 5.75 Å². The van der Waals surface area contributed by atoms with Gasteiger partial charge in [0, 0.05) is 17.2 Å². The van der Waals surface area contributed by atoms with Gasteiger partial charge in [-0.25, -0.2) is 0 Å². The Labute approximate surface area is 136 Å². The molecular weight excluding hydrogens is 330 g/mol. The molecule has 0 saturated heterocycles. The Bertz CT molecular complexity index is 634. The first kappa shape index (κ1) is 16.1. The minimum absolute atomic E-state index is 0.0932. The zero-order chi connectivity index (χ0) is 15.2. The summed E-state index contributed by atoms with van der Waals surface area (Å²) in [5.41, 5.74) is 0.576. The van der Waals surface area contributed by atoms with Crippen molar-refractivity contribution in [2.45, 2.75) is 17.7 Å². The van der Waals surface area contributed by atoms with Crippen LogP contribution in [0.1, 0.15) is 11.4 Å². The van der Waals surface area contributed by atoms with E-state index in [1.807, 2.05) is 6.92 Å². The van der Waals surface area contributed by atoms with E-state index in [1.54, 1.807) is 25.3 Å². The van der Waals surface area contributed by atoms with Crippen LogP contribution in [0.15, 0.2) is 22.5 Å². The lowest BCUT2D eigenvalue weighted by molar-refractivity contribution is -0.115. The van der Waals surface area contributed by atoms with Gasteiger partial charge in [0.25, 0.3) is 0 Å². The van der Waals surface area contributed by atoms with Crippen molar-refractivity contribution in [2.24, 2.45) is 0 Å². The third kappa shape index (κ3) is 4.87. The Morgan fingerprint density at radius 2 is 2.29 bits per heavy atom. The molecule has 0 bridgehead atoms. The number of nitrogens with one attached hydrogen (secondary N) is 1. The molecule has 1 amide bonds. The lowest BCUT2D eigenvalue weighted by atomic mass is 10.3. The molecule has 0 spiro atoms. The molecule has 8 heteroatoms. The molecule has 0 atom stereocenters. The van der Waals surface area contributed by atoms with Crippen LogP contribution in [0, 0.1) is 6.92 Å². The first-order valence-corrected chi connectivity index (χ1v) is 8.33. The van der Waals surface area contributed by atoms with Gasteiger partial charge in [-0.05, 0) is 25.1 Å². The van der Waals surface area contributed by atoms with Crippen LogP contribution in [0.25, 0.3) is 0 Å². The molecule has 0 aliphatic carbocycles. The van der Waals surface area contributed by atoms with Crippen LogP contribution in [-0.2, 0) is 4.79 Å². The van der Waals surface area contributed by atoms with Crippen LogP contribution in [-0.4, -0.2) is 29.0 Å². The van der Waals surface area contributed by atoms with E-state index in [9.17, 15) is 4.79 Å². The standard InChI is InChI=1S/C13H14ClN3O2S2/c1-8-16-17-13(21-8)20-6-5-12(18)15-10-7-9(14)3-4-11(10)19-2/h3-4,7H,5-6H2,1-2H3,(H,15,18). The SMILES string of the molecule is COc1ccc(Cl)cc1NC(=O)CCSc1nnc(C)s1. The molecule has 0 fully saturated rings. The molecule has 0 aliphatic rings. The molecule has 5 nitrogen and oxygen atoms in total. The predicted octanol–water partition coefficient (Wildman–Crippen LogP) is 3.63. The van der Waals surface area contributed by atoms with Crippen LogP contribution in [0.2, 0.25) is 5.02 Å². The molecule has 1 aromatic heterocycles. The van der Waals surface area contributed by atoms with Crippen molar-refractivity contribution < 1.29 is 9.53 Å². The number of aryl methyl sites for hydroxylation is 1. The largest absolute Gasteiger partial charge is 0.495 e. The van der Waals surface area contributed by atoms with Crippen molar-refractivity contribution in [3.05, 3.63) is 28.2 Å². The number of thioether (sulfide) groups is 1. The molecule has 0 unspecified atom stereocenters. The van der Waals surface area contributed by atoms with Crippen LogP contribution in [0.4, 0.5) is 5.69 Å². The smallest absolute Gasteiger partial charge is 0.225 e. The van der Waals surface area contributed by atoms with Crippen LogP contribution in [0.5, 0.6) is 5.75 Å². The number of carbonyl (C=O) groups excluding carboxylic acids is 1. The van der Waals surface area contributed by atoms with Crippen molar-refractivity contribution in [2.75, 3.05) is 18.2 Å². The summed E-state index contributed by atoms with van der Waals surface area (Å²) in [5.74, 6) is 1.13. The van der Waals surface area contributed by atoms with E-state index in [2.05, 4.69) is 15.5 Å². The average Bonchev–Trinajstić information content (AvgIpc) is 2.85. The van der Waals surface area contributed by atoms with Crippen molar-refractivity contribution in [1.29, 1.82) is 0 Å². The Hall–Kier alpha value is -1.31. The second-order valence-corrected chi connectivity index (χ2v) is 7.04. The van der Waals surface area contributed by atoms with Gasteiger partial charge in [-0.15, -0.1) is 10.2 Å². The first-order chi connectivity index (χ1) is 10.1. The summed E-state index contributed by atoms with van der Waals surface area (Å²) >= 11 is 8.96. The number of methoxy groups -OCH3 is 1. The zero-order valence-electron chi connectivity index (χ0n) is 11.6. The van der Waals surface area contributed by atoms with E-state index in [-0.39, 0.29) is 5.91 Å². The Morgan fingerprint density at radius 3 is 2.95 bits per heavy atom. The number of amides is 1. The maximum atomic E-state index is 11.9. The lowest BCUT2D eigenvalue weighted by Gasteiger charge is -2.10. The van der Waals surface area contributed by atoms with Gasteiger partial charge in [-0.2, -0.15) is 0 Å². The number of ether oxygens (including phenoxy) is 1. The Morgan fingerprint density at radius 1 is 1.48 bits per heavy atom.